The first-order chi connectivity index (χ1) is 9.10. The number of hydrogen-bond donors (Lipinski definition) is 0. The minimum absolute atomic E-state index is 0.0689. The molecule has 0 spiro atoms. The lowest BCUT2D eigenvalue weighted by atomic mass is 10.1. The number of aromatic nitrogens is 1. The van der Waals surface area contributed by atoms with Crippen molar-refractivity contribution in [2.45, 2.75) is 13.3 Å². The minimum atomic E-state index is -0.0689. The Labute approximate surface area is 122 Å². The van der Waals surface area contributed by atoms with Crippen LogP contribution in [0.5, 0.6) is 0 Å². The Morgan fingerprint density at radius 3 is 2.68 bits per heavy atom. The van der Waals surface area contributed by atoms with Crippen LogP contribution in [0.25, 0.3) is 0 Å². The summed E-state index contributed by atoms with van der Waals surface area (Å²) in [4.78, 5) is 18.0. The van der Waals surface area contributed by atoms with E-state index in [1.54, 1.807) is 17.0 Å². The van der Waals surface area contributed by atoms with E-state index in [4.69, 9.17) is 27.9 Å². The molecule has 1 aromatic heterocycles. The zero-order valence-electron chi connectivity index (χ0n) is 10.7. The fourth-order valence-electron chi connectivity index (χ4n) is 2.17. The zero-order chi connectivity index (χ0) is 13.8. The molecule has 0 saturated carbocycles. The average Bonchev–Trinajstić information content (AvgIpc) is 2.86. The summed E-state index contributed by atoms with van der Waals surface area (Å²) in [7, 11) is 0. The molecule has 1 aliphatic heterocycles. The number of pyridine rings is 1. The molecule has 0 aromatic carbocycles. The molecule has 2 heterocycles. The van der Waals surface area contributed by atoms with Gasteiger partial charge < -0.3 is 9.64 Å². The molecule has 0 bridgehead atoms. The van der Waals surface area contributed by atoms with Crippen molar-refractivity contribution in [3.63, 3.8) is 0 Å². The van der Waals surface area contributed by atoms with E-state index in [1.807, 2.05) is 6.92 Å². The van der Waals surface area contributed by atoms with Gasteiger partial charge in [0.25, 0.3) is 5.91 Å². The number of hydrogen-bond acceptors (Lipinski definition) is 3. The molecule has 1 aromatic rings. The third-order valence-corrected chi connectivity index (χ3v) is 3.57. The summed E-state index contributed by atoms with van der Waals surface area (Å²) in [5.74, 6) is 0.345. The average molecular weight is 303 g/mol. The van der Waals surface area contributed by atoms with E-state index in [9.17, 15) is 4.79 Å². The standard InChI is InChI=1S/C13H16Cl2N2O2/c1-2-17(7-9-3-4-19-8-9)13(18)10-5-11(14)16-12(15)6-10/h5-6,9H,2-4,7-8H2,1H3. The lowest BCUT2D eigenvalue weighted by molar-refractivity contribution is 0.0730. The van der Waals surface area contributed by atoms with Crippen LogP contribution in [0.15, 0.2) is 12.1 Å². The molecule has 1 fully saturated rings. The largest absolute Gasteiger partial charge is 0.381 e. The van der Waals surface area contributed by atoms with Crippen LogP contribution < -0.4 is 0 Å². The van der Waals surface area contributed by atoms with Crippen LogP contribution in [0.2, 0.25) is 10.3 Å². The van der Waals surface area contributed by atoms with Crippen molar-refractivity contribution < 1.29 is 9.53 Å². The molecule has 4 nitrogen and oxygen atoms in total. The molecule has 6 heteroatoms. The number of carbonyl (C=O) groups is 1. The molecule has 1 amide bonds. The van der Waals surface area contributed by atoms with Gasteiger partial charge in [0.15, 0.2) is 0 Å². The topological polar surface area (TPSA) is 42.4 Å². The molecule has 0 radical (unpaired) electrons. The van der Waals surface area contributed by atoms with Gasteiger partial charge in [-0.1, -0.05) is 23.2 Å². The minimum Gasteiger partial charge on any atom is -0.381 e. The van der Waals surface area contributed by atoms with Crippen molar-refractivity contribution in [1.82, 2.24) is 9.88 Å². The van der Waals surface area contributed by atoms with Gasteiger partial charge in [-0.2, -0.15) is 0 Å². The summed E-state index contributed by atoms with van der Waals surface area (Å²) in [6.07, 6.45) is 1.00. The molecule has 104 valence electrons. The van der Waals surface area contributed by atoms with Gasteiger partial charge in [-0.25, -0.2) is 4.98 Å². The normalized spacial score (nSPS) is 18.6. The van der Waals surface area contributed by atoms with E-state index in [0.29, 0.717) is 24.6 Å². The Kier molecular flexibility index (Phi) is 5.02. The van der Waals surface area contributed by atoms with Crippen molar-refractivity contribution in [2.75, 3.05) is 26.3 Å². The lowest BCUT2D eigenvalue weighted by Crippen LogP contribution is -2.35. The van der Waals surface area contributed by atoms with Crippen molar-refractivity contribution in [3.8, 4) is 0 Å². The highest BCUT2D eigenvalue weighted by Crippen LogP contribution is 2.19. The first-order valence-electron chi connectivity index (χ1n) is 6.30. The molecule has 1 saturated heterocycles. The highest BCUT2D eigenvalue weighted by Gasteiger charge is 2.22. The van der Waals surface area contributed by atoms with Gasteiger partial charge in [0.05, 0.1) is 6.61 Å². The van der Waals surface area contributed by atoms with Crippen molar-refractivity contribution in [1.29, 1.82) is 0 Å². The van der Waals surface area contributed by atoms with E-state index in [0.717, 1.165) is 19.6 Å². The maximum Gasteiger partial charge on any atom is 0.254 e. The number of nitrogens with zero attached hydrogens (tertiary/aromatic N) is 2. The van der Waals surface area contributed by atoms with Gasteiger partial charge >= 0.3 is 0 Å². The van der Waals surface area contributed by atoms with Crippen LogP contribution in [0.1, 0.15) is 23.7 Å². The highest BCUT2D eigenvalue weighted by molar-refractivity contribution is 6.33. The van der Waals surface area contributed by atoms with Crippen LogP contribution in [0, 0.1) is 5.92 Å². The molecule has 0 N–H and O–H groups in total. The summed E-state index contributed by atoms with van der Waals surface area (Å²) in [6.45, 7) is 4.81. The Hall–Kier alpha value is -0.840. The first-order valence-corrected chi connectivity index (χ1v) is 7.06. The summed E-state index contributed by atoms with van der Waals surface area (Å²) >= 11 is 11.7. The Balaban J connectivity index is 2.10. The monoisotopic (exact) mass is 302 g/mol. The number of halogens is 2. The van der Waals surface area contributed by atoms with Gasteiger partial charge in [-0.05, 0) is 25.5 Å². The van der Waals surface area contributed by atoms with Crippen LogP contribution >= 0.6 is 23.2 Å². The smallest absolute Gasteiger partial charge is 0.254 e. The number of carbonyl (C=O) groups excluding carboxylic acids is 1. The maximum atomic E-state index is 12.4. The predicted octanol–water partition coefficient (Wildman–Crippen LogP) is 2.89. The van der Waals surface area contributed by atoms with E-state index >= 15 is 0 Å². The predicted molar refractivity (Wildman–Crippen MR) is 74.8 cm³/mol. The molecule has 1 atom stereocenters. The highest BCUT2D eigenvalue weighted by atomic mass is 35.5. The van der Waals surface area contributed by atoms with Crippen LogP contribution in [-0.4, -0.2) is 42.1 Å². The van der Waals surface area contributed by atoms with Gasteiger partial charge in [-0.15, -0.1) is 0 Å². The quantitative estimate of drug-likeness (QED) is 0.803. The molecular formula is C13H16Cl2N2O2. The van der Waals surface area contributed by atoms with Crippen molar-refractivity contribution in [2.24, 2.45) is 5.92 Å². The van der Waals surface area contributed by atoms with Gasteiger partial charge in [0, 0.05) is 31.2 Å². The molecule has 1 unspecified atom stereocenters. The molecule has 0 aliphatic carbocycles. The number of rotatable bonds is 4. The van der Waals surface area contributed by atoms with E-state index in [1.165, 1.54) is 0 Å². The Morgan fingerprint density at radius 2 is 2.16 bits per heavy atom. The van der Waals surface area contributed by atoms with Crippen LogP contribution in [0.3, 0.4) is 0 Å². The second-order valence-corrected chi connectivity index (χ2v) is 5.35. The fraction of sp³-hybridized carbons (Fsp3) is 0.538. The van der Waals surface area contributed by atoms with Crippen LogP contribution in [-0.2, 0) is 4.74 Å². The second kappa shape index (κ2) is 6.55. The zero-order valence-corrected chi connectivity index (χ0v) is 12.2. The molecule has 19 heavy (non-hydrogen) atoms. The lowest BCUT2D eigenvalue weighted by Gasteiger charge is -2.23. The SMILES string of the molecule is CCN(CC1CCOC1)C(=O)c1cc(Cl)nc(Cl)c1. The van der Waals surface area contributed by atoms with E-state index in [-0.39, 0.29) is 16.2 Å². The van der Waals surface area contributed by atoms with Crippen molar-refractivity contribution in [3.05, 3.63) is 28.0 Å². The van der Waals surface area contributed by atoms with E-state index in [2.05, 4.69) is 4.98 Å². The summed E-state index contributed by atoms with van der Waals surface area (Å²) in [6, 6.07) is 3.09. The number of amides is 1. The molecule has 2 rings (SSSR count). The second-order valence-electron chi connectivity index (χ2n) is 4.57. The summed E-state index contributed by atoms with van der Waals surface area (Å²) in [5.41, 5.74) is 0.478. The summed E-state index contributed by atoms with van der Waals surface area (Å²) < 4.78 is 5.34. The van der Waals surface area contributed by atoms with Gasteiger partial charge in [0.1, 0.15) is 10.3 Å². The van der Waals surface area contributed by atoms with Gasteiger partial charge in [-0.3, -0.25) is 4.79 Å². The fourth-order valence-corrected chi connectivity index (χ4v) is 2.63. The van der Waals surface area contributed by atoms with E-state index < -0.39 is 0 Å². The maximum absolute atomic E-state index is 12.4. The summed E-state index contributed by atoms with van der Waals surface area (Å²) in [5, 5.41) is 0.465. The third kappa shape index (κ3) is 3.81. The van der Waals surface area contributed by atoms with Crippen molar-refractivity contribution >= 4 is 29.1 Å². The first kappa shape index (κ1) is 14.6. The molecule has 1 aliphatic rings. The van der Waals surface area contributed by atoms with Crippen LogP contribution in [0.4, 0.5) is 0 Å². The Morgan fingerprint density at radius 1 is 1.47 bits per heavy atom. The van der Waals surface area contributed by atoms with Gasteiger partial charge in [0.2, 0.25) is 0 Å². The number of ether oxygens (including phenoxy) is 1. The Bertz CT molecular complexity index is 442. The molecular weight excluding hydrogens is 287 g/mol. The third-order valence-electron chi connectivity index (χ3n) is 3.18.